The summed E-state index contributed by atoms with van der Waals surface area (Å²) < 4.78 is 1.08. The Morgan fingerprint density at radius 2 is 2.05 bits per heavy atom. The minimum atomic E-state index is 0.0212. The first-order valence-corrected chi connectivity index (χ1v) is 7.03. The Morgan fingerprint density at radius 1 is 1.26 bits per heavy atom. The second kappa shape index (κ2) is 6.28. The molecule has 0 spiro atoms. The Kier molecular flexibility index (Phi) is 4.69. The molecule has 0 aliphatic heterocycles. The van der Waals surface area contributed by atoms with E-state index in [4.69, 9.17) is 5.84 Å². The maximum atomic E-state index is 5.69. The summed E-state index contributed by atoms with van der Waals surface area (Å²) in [5.41, 5.74) is 7.29. The van der Waals surface area contributed by atoms with Gasteiger partial charge in [0.15, 0.2) is 0 Å². The van der Waals surface area contributed by atoms with Crippen molar-refractivity contribution in [3.8, 4) is 0 Å². The van der Waals surface area contributed by atoms with Crippen LogP contribution in [-0.4, -0.2) is 4.98 Å². The van der Waals surface area contributed by atoms with E-state index in [1.165, 1.54) is 11.1 Å². The molecule has 0 amide bonds. The molecule has 2 rings (SSSR count). The van der Waals surface area contributed by atoms with Gasteiger partial charge in [-0.25, -0.2) is 0 Å². The zero-order valence-corrected chi connectivity index (χ0v) is 12.7. The summed E-state index contributed by atoms with van der Waals surface area (Å²) in [7, 11) is 0. The monoisotopic (exact) mass is 319 g/mol. The van der Waals surface area contributed by atoms with Gasteiger partial charge in [-0.3, -0.25) is 16.3 Å². The molecular formula is C15H18BrN3. The van der Waals surface area contributed by atoms with Crippen LogP contribution in [0.2, 0.25) is 0 Å². The predicted octanol–water partition coefficient (Wildman–Crippen LogP) is 3.21. The number of nitrogens with one attached hydrogen (secondary N) is 1. The molecular weight excluding hydrogens is 302 g/mol. The Hall–Kier alpha value is -1.23. The Balaban J connectivity index is 2.24. The third-order valence-corrected chi connectivity index (χ3v) is 3.50. The number of aromatic nitrogens is 1. The van der Waals surface area contributed by atoms with Crippen LogP contribution in [0.5, 0.6) is 0 Å². The van der Waals surface area contributed by atoms with Crippen molar-refractivity contribution >= 4 is 15.9 Å². The summed E-state index contributed by atoms with van der Waals surface area (Å²) in [6, 6.07) is 12.4. The summed E-state index contributed by atoms with van der Waals surface area (Å²) >= 11 is 3.49. The summed E-state index contributed by atoms with van der Waals surface area (Å²) in [6.07, 6.45) is 0.811. The van der Waals surface area contributed by atoms with Gasteiger partial charge in [0, 0.05) is 10.2 Å². The molecule has 19 heavy (non-hydrogen) atoms. The molecule has 2 aromatic rings. The largest absolute Gasteiger partial charge is 0.271 e. The quantitative estimate of drug-likeness (QED) is 0.672. The van der Waals surface area contributed by atoms with Gasteiger partial charge in [-0.2, -0.15) is 0 Å². The van der Waals surface area contributed by atoms with Gasteiger partial charge < -0.3 is 0 Å². The maximum absolute atomic E-state index is 5.69. The highest BCUT2D eigenvalue weighted by Crippen LogP contribution is 2.20. The Morgan fingerprint density at radius 3 is 2.68 bits per heavy atom. The number of hydrazine groups is 1. The lowest BCUT2D eigenvalue weighted by molar-refractivity contribution is 0.537. The van der Waals surface area contributed by atoms with Crippen LogP contribution >= 0.6 is 15.9 Å². The van der Waals surface area contributed by atoms with E-state index in [2.05, 4.69) is 57.5 Å². The van der Waals surface area contributed by atoms with Crippen molar-refractivity contribution in [2.75, 3.05) is 0 Å². The lowest BCUT2D eigenvalue weighted by atomic mass is 10.0. The van der Waals surface area contributed by atoms with Gasteiger partial charge in [0.25, 0.3) is 0 Å². The molecule has 3 N–H and O–H groups in total. The van der Waals surface area contributed by atoms with E-state index >= 15 is 0 Å². The highest BCUT2D eigenvalue weighted by atomic mass is 79.9. The van der Waals surface area contributed by atoms with Gasteiger partial charge in [0.05, 0.1) is 11.7 Å². The lowest BCUT2D eigenvalue weighted by Gasteiger charge is -2.17. The molecule has 1 aromatic heterocycles. The van der Waals surface area contributed by atoms with Gasteiger partial charge in [0.2, 0.25) is 0 Å². The van der Waals surface area contributed by atoms with Crippen molar-refractivity contribution in [1.82, 2.24) is 10.4 Å². The normalized spacial score (nSPS) is 12.4. The van der Waals surface area contributed by atoms with E-state index < -0.39 is 0 Å². The van der Waals surface area contributed by atoms with Crippen molar-refractivity contribution in [3.05, 3.63) is 63.4 Å². The average molecular weight is 320 g/mol. The number of benzene rings is 1. The summed E-state index contributed by atoms with van der Waals surface area (Å²) in [6.45, 7) is 4.08. The molecule has 1 atom stereocenters. The van der Waals surface area contributed by atoms with Crippen LogP contribution in [0.15, 0.2) is 40.9 Å². The van der Waals surface area contributed by atoms with Crippen molar-refractivity contribution in [2.24, 2.45) is 5.84 Å². The first-order chi connectivity index (χ1) is 9.08. The number of hydrogen-bond donors (Lipinski definition) is 2. The average Bonchev–Trinajstić information content (AvgIpc) is 2.34. The van der Waals surface area contributed by atoms with Crippen molar-refractivity contribution < 1.29 is 0 Å². The zero-order valence-electron chi connectivity index (χ0n) is 11.2. The van der Waals surface area contributed by atoms with Crippen LogP contribution in [0.25, 0.3) is 0 Å². The smallest absolute Gasteiger partial charge is 0.0672 e. The molecule has 3 nitrogen and oxygen atoms in total. The molecule has 0 radical (unpaired) electrons. The molecule has 0 aliphatic carbocycles. The molecule has 100 valence electrons. The summed E-state index contributed by atoms with van der Waals surface area (Å²) in [5, 5.41) is 0. The minimum absolute atomic E-state index is 0.0212. The second-order valence-electron chi connectivity index (χ2n) is 4.76. The lowest BCUT2D eigenvalue weighted by Crippen LogP contribution is -2.30. The van der Waals surface area contributed by atoms with E-state index in [0.717, 1.165) is 22.3 Å². The number of nitrogens with zero attached hydrogens (tertiary/aromatic N) is 1. The van der Waals surface area contributed by atoms with Crippen LogP contribution in [0.3, 0.4) is 0 Å². The zero-order chi connectivity index (χ0) is 13.8. The minimum Gasteiger partial charge on any atom is -0.271 e. The van der Waals surface area contributed by atoms with E-state index in [9.17, 15) is 0 Å². The molecule has 0 aliphatic rings. The van der Waals surface area contributed by atoms with Crippen molar-refractivity contribution in [2.45, 2.75) is 26.3 Å². The van der Waals surface area contributed by atoms with Gasteiger partial charge in [-0.05, 0) is 55.7 Å². The summed E-state index contributed by atoms with van der Waals surface area (Å²) in [5.74, 6) is 5.69. The highest BCUT2D eigenvalue weighted by Gasteiger charge is 2.13. The van der Waals surface area contributed by atoms with Gasteiger partial charge >= 0.3 is 0 Å². The van der Waals surface area contributed by atoms with E-state index in [1.807, 2.05) is 19.1 Å². The highest BCUT2D eigenvalue weighted by molar-refractivity contribution is 9.10. The van der Waals surface area contributed by atoms with Crippen LogP contribution in [0.4, 0.5) is 0 Å². The van der Waals surface area contributed by atoms with Gasteiger partial charge in [-0.1, -0.05) is 28.1 Å². The number of aryl methyl sites for hydroxylation is 2. The van der Waals surface area contributed by atoms with E-state index in [1.54, 1.807) is 0 Å². The van der Waals surface area contributed by atoms with Gasteiger partial charge in [0.1, 0.15) is 0 Å². The van der Waals surface area contributed by atoms with Crippen LogP contribution < -0.4 is 11.3 Å². The first-order valence-electron chi connectivity index (χ1n) is 6.24. The summed E-state index contributed by atoms with van der Waals surface area (Å²) in [4.78, 5) is 4.57. The van der Waals surface area contributed by atoms with Crippen molar-refractivity contribution in [1.29, 1.82) is 0 Å². The molecule has 0 saturated heterocycles. The molecule has 4 heteroatoms. The van der Waals surface area contributed by atoms with E-state index in [-0.39, 0.29) is 6.04 Å². The predicted molar refractivity (Wildman–Crippen MR) is 81.6 cm³/mol. The molecule has 0 fully saturated rings. The molecule has 0 bridgehead atoms. The third kappa shape index (κ3) is 3.86. The first kappa shape index (κ1) is 14.2. The number of hydrogen-bond acceptors (Lipinski definition) is 3. The van der Waals surface area contributed by atoms with Crippen molar-refractivity contribution in [3.63, 3.8) is 0 Å². The fourth-order valence-electron chi connectivity index (χ4n) is 2.20. The Labute approximate surface area is 122 Å². The second-order valence-corrected chi connectivity index (χ2v) is 5.68. The third-order valence-electron chi connectivity index (χ3n) is 3.00. The fourth-order valence-corrected chi connectivity index (χ4v) is 2.65. The molecule has 0 saturated carbocycles. The van der Waals surface area contributed by atoms with Crippen LogP contribution in [-0.2, 0) is 6.42 Å². The number of halogens is 1. The maximum Gasteiger partial charge on any atom is 0.0672 e. The van der Waals surface area contributed by atoms with Crippen LogP contribution in [0.1, 0.15) is 28.6 Å². The van der Waals surface area contributed by atoms with E-state index in [0.29, 0.717) is 0 Å². The topological polar surface area (TPSA) is 50.9 Å². The SMILES string of the molecule is Cc1cc(C)nc(C(Cc2cccc(Br)c2)NN)c1. The molecule has 1 aromatic carbocycles. The molecule has 1 unspecified atom stereocenters. The number of nitrogens with two attached hydrogens (primary N) is 1. The fraction of sp³-hybridized carbons (Fsp3) is 0.267. The number of pyridine rings is 1. The number of rotatable bonds is 4. The Bertz CT molecular complexity index is 549. The molecule has 1 heterocycles. The standard InChI is InChI=1S/C15H18BrN3/c1-10-6-11(2)18-14(7-10)15(19-17)9-12-4-3-5-13(16)8-12/h3-8,15,19H,9,17H2,1-2H3. The van der Waals surface area contributed by atoms with Gasteiger partial charge in [-0.15, -0.1) is 0 Å². The van der Waals surface area contributed by atoms with Crippen LogP contribution in [0, 0.1) is 13.8 Å².